The topological polar surface area (TPSA) is 51.0 Å². The number of rotatable bonds is 3. The van der Waals surface area contributed by atoms with Crippen LogP contribution in [-0.4, -0.2) is 23.2 Å². The fourth-order valence-electron chi connectivity index (χ4n) is 4.71. The number of hydrogen-bond acceptors (Lipinski definition) is 4. The Balaban J connectivity index is 1.53. The van der Waals surface area contributed by atoms with Gasteiger partial charge in [-0.15, -0.1) is 0 Å². The molecule has 3 aliphatic rings. The monoisotopic (exact) mass is 261 g/mol. The zero-order valence-electron chi connectivity index (χ0n) is 11.6. The average Bonchev–Trinajstić information content (AvgIpc) is 3.19. The third kappa shape index (κ3) is 1.92. The van der Waals surface area contributed by atoms with E-state index in [4.69, 9.17) is 9.51 Å². The van der Waals surface area contributed by atoms with Crippen molar-refractivity contribution in [1.82, 2.24) is 15.5 Å². The van der Waals surface area contributed by atoms with Crippen molar-refractivity contribution in [1.29, 1.82) is 0 Å². The molecule has 1 aromatic rings. The molecule has 5 unspecified atom stereocenters. The summed E-state index contributed by atoms with van der Waals surface area (Å²) in [5.41, 5.74) is 0. The molecule has 2 bridgehead atoms. The first-order chi connectivity index (χ1) is 9.35. The van der Waals surface area contributed by atoms with Crippen LogP contribution in [0.5, 0.6) is 0 Å². The van der Waals surface area contributed by atoms with Crippen molar-refractivity contribution in [2.75, 3.05) is 7.05 Å². The summed E-state index contributed by atoms with van der Waals surface area (Å²) in [6.07, 6.45) is 9.18. The maximum Gasteiger partial charge on any atom is 0.231 e. The molecule has 1 N–H and O–H groups in total. The number of nitrogens with zero attached hydrogens (tertiary/aromatic N) is 2. The van der Waals surface area contributed by atoms with E-state index < -0.39 is 0 Å². The van der Waals surface area contributed by atoms with Gasteiger partial charge in [0.15, 0.2) is 5.82 Å². The van der Waals surface area contributed by atoms with E-state index >= 15 is 0 Å². The van der Waals surface area contributed by atoms with E-state index in [1.54, 1.807) is 0 Å². The Labute approximate surface area is 114 Å². The minimum atomic E-state index is 0.435. The Kier molecular flexibility index (Phi) is 2.87. The van der Waals surface area contributed by atoms with Gasteiger partial charge in [0.1, 0.15) is 0 Å². The van der Waals surface area contributed by atoms with Crippen LogP contribution in [0.15, 0.2) is 4.52 Å². The second-order valence-electron chi connectivity index (χ2n) is 6.70. The van der Waals surface area contributed by atoms with E-state index in [9.17, 15) is 0 Å². The number of hydrogen-bond donors (Lipinski definition) is 1. The standard InChI is InChI=1S/C15H23N3O/c1-16-13-4-2-3-11(13)15-17-14(18-19-15)12-8-9-5-6-10(12)7-9/h9-13,16H,2-8H2,1H3. The Morgan fingerprint density at radius 1 is 1.11 bits per heavy atom. The lowest BCUT2D eigenvalue weighted by atomic mass is 9.88. The van der Waals surface area contributed by atoms with Gasteiger partial charge in [-0.05, 0) is 51.0 Å². The largest absolute Gasteiger partial charge is 0.339 e. The molecule has 19 heavy (non-hydrogen) atoms. The summed E-state index contributed by atoms with van der Waals surface area (Å²) in [4.78, 5) is 4.77. The van der Waals surface area contributed by atoms with Crippen molar-refractivity contribution in [2.45, 2.75) is 62.8 Å². The molecule has 4 heteroatoms. The lowest BCUT2D eigenvalue weighted by Gasteiger charge is -2.17. The van der Waals surface area contributed by atoms with Gasteiger partial charge >= 0.3 is 0 Å². The van der Waals surface area contributed by atoms with Crippen LogP contribution in [-0.2, 0) is 0 Å². The third-order valence-corrected chi connectivity index (χ3v) is 5.73. The van der Waals surface area contributed by atoms with Gasteiger partial charge in [-0.25, -0.2) is 0 Å². The highest BCUT2D eigenvalue weighted by Gasteiger charge is 2.43. The van der Waals surface area contributed by atoms with Crippen LogP contribution >= 0.6 is 0 Å². The number of fused-ring (bicyclic) bond motifs is 2. The molecule has 0 aromatic carbocycles. The Bertz CT molecular complexity index is 437. The molecule has 5 atom stereocenters. The van der Waals surface area contributed by atoms with E-state index in [0.29, 0.717) is 17.9 Å². The van der Waals surface area contributed by atoms with Gasteiger partial charge in [-0.1, -0.05) is 18.0 Å². The molecule has 0 saturated heterocycles. The highest BCUT2D eigenvalue weighted by atomic mass is 16.5. The molecule has 1 aromatic heterocycles. The zero-order chi connectivity index (χ0) is 12.8. The van der Waals surface area contributed by atoms with Crippen molar-refractivity contribution in [2.24, 2.45) is 11.8 Å². The van der Waals surface area contributed by atoms with Crippen LogP contribution in [0, 0.1) is 11.8 Å². The van der Waals surface area contributed by atoms with Crippen LogP contribution in [0.4, 0.5) is 0 Å². The number of likely N-dealkylation sites (N-methyl/N-ethyl adjacent to an activating group) is 1. The molecule has 4 nitrogen and oxygen atoms in total. The number of nitrogens with one attached hydrogen (secondary N) is 1. The van der Waals surface area contributed by atoms with Crippen molar-refractivity contribution < 1.29 is 4.52 Å². The Morgan fingerprint density at radius 2 is 2.05 bits per heavy atom. The van der Waals surface area contributed by atoms with Gasteiger partial charge in [-0.3, -0.25) is 0 Å². The van der Waals surface area contributed by atoms with Crippen LogP contribution in [0.25, 0.3) is 0 Å². The normalized spacial score (nSPS) is 41.2. The molecule has 4 rings (SSSR count). The highest BCUT2D eigenvalue weighted by molar-refractivity contribution is 5.09. The van der Waals surface area contributed by atoms with E-state index in [-0.39, 0.29) is 0 Å². The molecule has 0 radical (unpaired) electrons. The summed E-state index contributed by atoms with van der Waals surface area (Å²) >= 11 is 0. The molecule has 0 aliphatic heterocycles. The predicted molar refractivity (Wildman–Crippen MR) is 71.9 cm³/mol. The molecule has 3 aliphatic carbocycles. The minimum Gasteiger partial charge on any atom is -0.339 e. The zero-order valence-corrected chi connectivity index (χ0v) is 11.6. The molecule has 0 amide bonds. The van der Waals surface area contributed by atoms with Gasteiger partial charge in [0, 0.05) is 12.0 Å². The van der Waals surface area contributed by atoms with Crippen molar-refractivity contribution in [3.8, 4) is 0 Å². The van der Waals surface area contributed by atoms with E-state index in [2.05, 4.69) is 10.5 Å². The second kappa shape index (κ2) is 4.58. The third-order valence-electron chi connectivity index (χ3n) is 5.73. The summed E-state index contributed by atoms with van der Waals surface area (Å²) in [7, 11) is 2.04. The first-order valence-corrected chi connectivity index (χ1v) is 7.86. The number of aromatic nitrogens is 2. The molecule has 3 fully saturated rings. The van der Waals surface area contributed by atoms with E-state index in [0.717, 1.165) is 23.6 Å². The van der Waals surface area contributed by atoms with Crippen molar-refractivity contribution in [3.63, 3.8) is 0 Å². The Hall–Kier alpha value is -0.900. The van der Waals surface area contributed by atoms with E-state index in [1.165, 1.54) is 44.9 Å². The van der Waals surface area contributed by atoms with Crippen molar-refractivity contribution >= 4 is 0 Å². The molecule has 3 saturated carbocycles. The first-order valence-electron chi connectivity index (χ1n) is 7.86. The average molecular weight is 261 g/mol. The summed E-state index contributed by atoms with van der Waals surface area (Å²) in [6, 6.07) is 0.522. The van der Waals surface area contributed by atoms with Gasteiger partial charge < -0.3 is 9.84 Å². The van der Waals surface area contributed by atoms with Crippen LogP contribution in [0.2, 0.25) is 0 Å². The first kappa shape index (κ1) is 11.9. The van der Waals surface area contributed by atoms with Gasteiger partial charge in [0.2, 0.25) is 5.89 Å². The fraction of sp³-hybridized carbons (Fsp3) is 0.867. The summed E-state index contributed by atoms with van der Waals surface area (Å²) in [6.45, 7) is 0. The summed E-state index contributed by atoms with van der Waals surface area (Å²) < 4.78 is 5.60. The van der Waals surface area contributed by atoms with Crippen LogP contribution in [0.1, 0.15) is 68.5 Å². The van der Waals surface area contributed by atoms with Crippen LogP contribution in [0.3, 0.4) is 0 Å². The lowest BCUT2D eigenvalue weighted by molar-refractivity contribution is 0.324. The molecule has 104 valence electrons. The molecular formula is C15H23N3O. The summed E-state index contributed by atoms with van der Waals surface area (Å²) in [5.74, 6) is 4.68. The van der Waals surface area contributed by atoms with Gasteiger partial charge in [-0.2, -0.15) is 4.98 Å². The second-order valence-corrected chi connectivity index (χ2v) is 6.70. The SMILES string of the molecule is CNC1CCCC1c1nc(C2CC3CCC2C3)no1. The fourth-order valence-corrected chi connectivity index (χ4v) is 4.71. The highest BCUT2D eigenvalue weighted by Crippen LogP contribution is 2.52. The van der Waals surface area contributed by atoms with Crippen LogP contribution < -0.4 is 5.32 Å². The maximum atomic E-state index is 5.60. The van der Waals surface area contributed by atoms with Gasteiger partial charge in [0.25, 0.3) is 0 Å². The lowest BCUT2D eigenvalue weighted by Crippen LogP contribution is -2.27. The van der Waals surface area contributed by atoms with Crippen molar-refractivity contribution in [3.05, 3.63) is 11.7 Å². The van der Waals surface area contributed by atoms with E-state index in [1.807, 2.05) is 7.05 Å². The molecular weight excluding hydrogens is 238 g/mol. The van der Waals surface area contributed by atoms with Gasteiger partial charge in [0.05, 0.1) is 5.92 Å². The quantitative estimate of drug-likeness (QED) is 0.909. The maximum absolute atomic E-state index is 5.60. The molecule has 1 heterocycles. The summed E-state index contributed by atoms with van der Waals surface area (Å²) in [5, 5.41) is 7.71. The predicted octanol–water partition coefficient (Wildman–Crippen LogP) is 2.83. The minimum absolute atomic E-state index is 0.435. The Morgan fingerprint density at radius 3 is 2.79 bits per heavy atom. The smallest absolute Gasteiger partial charge is 0.231 e. The molecule has 0 spiro atoms.